The fourth-order valence-electron chi connectivity index (χ4n) is 1.67. The number of carboxylic acid groups (broad SMARTS) is 1. The van der Waals surface area contributed by atoms with Crippen LogP contribution < -0.4 is 5.32 Å². The Balaban J connectivity index is 2.07. The van der Waals surface area contributed by atoms with Gasteiger partial charge < -0.3 is 15.3 Å². The smallest absolute Gasteiger partial charge is 0.327 e. The number of amides is 1. The van der Waals surface area contributed by atoms with Crippen LogP contribution in [0.15, 0.2) is 0 Å². The second kappa shape index (κ2) is 7.51. The van der Waals surface area contributed by atoms with Crippen molar-refractivity contribution in [3.05, 3.63) is 0 Å². The highest BCUT2D eigenvalue weighted by Gasteiger charge is 2.16. The van der Waals surface area contributed by atoms with E-state index in [1.807, 2.05) is 0 Å². The standard InChI is InChI=1S/C10H18N2O3S/c13-8-11-9(10(14)15)7-16-6-5-12-3-1-2-4-12/h8-9H,1-7H2,(H,11,13)(H,14,15). The third-order valence-corrected chi connectivity index (χ3v) is 3.64. The van der Waals surface area contributed by atoms with Crippen molar-refractivity contribution < 1.29 is 14.7 Å². The van der Waals surface area contributed by atoms with Gasteiger partial charge in [0.2, 0.25) is 6.41 Å². The third kappa shape index (κ3) is 4.85. The van der Waals surface area contributed by atoms with Gasteiger partial charge in [0.05, 0.1) is 0 Å². The lowest BCUT2D eigenvalue weighted by atomic mass is 10.3. The summed E-state index contributed by atoms with van der Waals surface area (Å²) in [5, 5.41) is 11.1. The largest absolute Gasteiger partial charge is 0.480 e. The van der Waals surface area contributed by atoms with Crippen molar-refractivity contribution in [1.29, 1.82) is 0 Å². The van der Waals surface area contributed by atoms with E-state index in [2.05, 4.69) is 10.2 Å². The molecule has 0 saturated carbocycles. The summed E-state index contributed by atoms with van der Waals surface area (Å²) < 4.78 is 0. The number of nitrogens with one attached hydrogen (secondary N) is 1. The summed E-state index contributed by atoms with van der Waals surface area (Å²) in [6, 6.07) is -0.763. The van der Waals surface area contributed by atoms with Crippen LogP contribution in [0.5, 0.6) is 0 Å². The molecule has 5 nitrogen and oxygen atoms in total. The Labute approximate surface area is 99.6 Å². The third-order valence-electron chi connectivity index (χ3n) is 2.60. The van der Waals surface area contributed by atoms with Crippen LogP contribution in [0.1, 0.15) is 12.8 Å². The molecule has 1 heterocycles. The van der Waals surface area contributed by atoms with Crippen LogP contribution in [-0.2, 0) is 9.59 Å². The number of hydrogen-bond donors (Lipinski definition) is 2. The quantitative estimate of drug-likeness (QED) is 0.466. The van der Waals surface area contributed by atoms with Gasteiger partial charge in [-0.15, -0.1) is 0 Å². The number of carbonyl (C=O) groups is 2. The molecule has 92 valence electrons. The average Bonchev–Trinajstić information content (AvgIpc) is 2.75. The van der Waals surface area contributed by atoms with Gasteiger partial charge >= 0.3 is 5.97 Å². The molecular formula is C10H18N2O3S. The lowest BCUT2D eigenvalue weighted by Gasteiger charge is -2.15. The molecule has 1 amide bonds. The lowest BCUT2D eigenvalue weighted by molar-refractivity contribution is -0.139. The van der Waals surface area contributed by atoms with Crippen LogP contribution in [0.4, 0.5) is 0 Å². The molecule has 2 N–H and O–H groups in total. The van der Waals surface area contributed by atoms with E-state index in [-0.39, 0.29) is 0 Å². The van der Waals surface area contributed by atoms with E-state index in [1.54, 1.807) is 11.8 Å². The zero-order valence-electron chi connectivity index (χ0n) is 9.22. The molecule has 0 radical (unpaired) electrons. The molecule has 6 heteroatoms. The van der Waals surface area contributed by atoms with Crippen molar-refractivity contribution in [3.8, 4) is 0 Å². The van der Waals surface area contributed by atoms with Crippen LogP contribution in [0.2, 0.25) is 0 Å². The summed E-state index contributed by atoms with van der Waals surface area (Å²) in [6.45, 7) is 3.34. The second-order valence-electron chi connectivity index (χ2n) is 3.80. The van der Waals surface area contributed by atoms with Crippen LogP contribution >= 0.6 is 11.8 Å². The molecule has 1 atom stereocenters. The minimum absolute atomic E-state index is 0.432. The van der Waals surface area contributed by atoms with E-state index in [0.717, 1.165) is 25.4 Å². The molecule has 0 bridgehead atoms. The zero-order valence-corrected chi connectivity index (χ0v) is 10.0. The maximum Gasteiger partial charge on any atom is 0.327 e. The van der Waals surface area contributed by atoms with Gasteiger partial charge in [-0.25, -0.2) is 4.79 Å². The number of aliphatic carboxylic acids is 1. The fourth-order valence-corrected chi connectivity index (χ4v) is 2.70. The summed E-state index contributed by atoms with van der Waals surface area (Å²) in [4.78, 5) is 23.2. The van der Waals surface area contributed by atoms with Crippen molar-refractivity contribution in [2.75, 3.05) is 31.1 Å². The molecule has 0 spiro atoms. The fraction of sp³-hybridized carbons (Fsp3) is 0.800. The summed E-state index contributed by atoms with van der Waals surface area (Å²) >= 11 is 1.57. The molecule has 1 rings (SSSR count). The minimum atomic E-state index is -0.972. The Hall–Kier alpha value is -0.750. The highest BCUT2D eigenvalue weighted by molar-refractivity contribution is 7.99. The van der Waals surface area contributed by atoms with Gasteiger partial charge in [-0.3, -0.25) is 4.79 Å². The van der Waals surface area contributed by atoms with E-state index in [1.165, 1.54) is 12.8 Å². The number of carbonyl (C=O) groups excluding carboxylic acids is 1. The van der Waals surface area contributed by atoms with E-state index >= 15 is 0 Å². The molecular weight excluding hydrogens is 228 g/mol. The normalized spacial score (nSPS) is 18.2. The maximum atomic E-state index is 10.7. The number of likely N-dealkylation sites (tertiary alicyclic amines) is 1. The van der Waals surface area contributed by atoms with Crippen LogP contribution in [0.25, 0.3) is 0 Å². The first-order valence-corrected chi connectivity index (χ1v) is 6.62. The van der Waals surface area contributed by atoms with Crippen molar-refractivity contribution >= 4 is 24.1 Å². The van der Waals surface area contributed by atoms with E-state index in [0.29, 0.717) is 12.2 Å². The van der Waals surface area contributed by atoms with Gasteiger partial charge in [-0.1, -0.05) is 0 Å². The van der Waals surface area contributed by atoms with Crippen LogP contribution in [0.3, 0.4) is 0 Å². The zero-order chi connectivity index (χ0) is 11.8. The predicted molar refractivity (Wildman–Crippen MR) is 63.6 cm³/mol. The molecule has 1 aliphatic heterocycles. The Morgan fingerprint density at radius 3 is 2.75 bits per heavy atom. The number of rotatable bonds is 8. The van der Waals surface area contributed by atoms with Gasteiger partial charge in [-0.2, -0.15) is 11.8 Å². The number of hydrogen-bond acceptors (Lipinski definition) is 4. The van der Waals surface area contributed by atoms with Gasteiger partial charge in [0.15, 0.2) is 0 Å². The SMILES string of the molecule is O=CNC(CSCCN1CCCC1)C(=O)O. The van der Waals surface area contributed by atoms with Crippen molar-refractivity contribution in [3.63, 3.8) is 0 Å². The molecule has 1 aliphatic rings. The molecule has 0 aliphatic carbocycles. The molecule has 1 saturated heterocycles. The Bertz CT molecular complexity index is 232. The number of carboxylic acids is 1. The summed E-state index contributed by atoms with van der Waals surface area (Å²) in [5.41, 5.74) is 0. The summed E-state index contributed by atoms with van der Waals surface area (Å²) in [6.07, 6.45) is 2.99. The van der Waals surface area contributed by atoms with E-state index in [9.17, 15) is 9.59 Å². The molecule has 16 heavy (non-hydrogen) atoms. The summed E-state index contributed by atoms with van der Waals surface area (Å²) in [7, 11) is 0. The van der Waals surface area contributed by atoms with E-state index in [4.69, 9.17) is 5.11 Å². The number of thioether (sulfide) groups is 1. The van der Waals surface area contributed by atoms with Gasteiger partial charge in [0.1, 0.15) is 6.04 Å². The average molecular weight is 246 g/mol. The van der Waals surface area contributed by atoms with Gasteiger partial charge in [0.25, 0.3) is 0 Å². The molecule has 0 aromatic rings. The predicted octanol–water partition coefficient (Wildman–Crippen LogP) is 0.0146. The molecule has 0 aromatic carbocycles. The molecule has 1 unspecified atom stereocenters. The first-order chi connectivity index (χ1) is 7.74. The van der Waals surface area contributed by atoms with Crippen LogP contribution in [0, 0.1) is 0 Å². The van der Waals surface area contributed by atoms with E-state index < -0.39 is 12.0 Å². The first kappa shape index (κ1) is 13.3. The van der Waals surface area contributed by atoms with Crippen LogP contribution in [-0.4, -0.2) is 59.6 Å². The monoisotopic (exact) mass is 246 g/mol. The Morgan fingerprint density at radius 1 is 1.50 bits per heavy atom. The minimum Gasteiger partial charge on any atom is -0.480 e. The second-order valence-corrected chi connectivity index (χ2v) is 4.95. The lowest BCUT2D eigenvalue weighted by Crippen LogP contribution is -2.38. The maximum absolute atomic E-state index is 10.7. The summed E-state index contributed by atoms with van der Waals surface area (Å²) in [5.74, 6) is 0.382. The highest BCUT2D eigenvalue weighted by Crippen LogP contribution is 2.09. The molecule has 0 aromatic heterocycles. The highest BCUT2D eigenvalue weighted by atomic mass is 32.2. The van der Waals surface area contributed by atoms with Crippen molar-refractivity contribution in [2.24, 2.45) is 0 Å². The van der Waals surface area contributed by atoms with Gasteiger partial charge in [-0.05, 0) is 25.9 Å². The Kier molecular flexibility index (Phi) is 6.25. The first-order valence-electron chi connectivity index (χ1n) is 5.46. The van der Waals surface area contributed by atoms with Crippen molar-refractivity contribution in [1.82, 2.24) is 10.2 Å². The Morgan fingerprint density at radius 2 is 2.19 bits per heavy atom. The van der Waals surface area contributed by atoms with Crippen molar-refractivity contribution in [2.45, 2.75) is 18.9 Å². The molecule has 1 fully saturated rings. The number of nitrogens with zero attached hydrogens (tertiary/aromatic N) is 1. The topological polar surface area (TPSA) is 69.6 Å². The van der Waals surface area contributed by atoms with Gasteiger partial charge in [0, 0.05) is 18.1 Å².